The monoisotopic (exact) mass is 430 g/mol. The van der Waals surface area contributed by atoms with Gasteiger partial charge in [0.15, 0.2) is 0 Å². The Hall–Kier alpha value is -2.87. The number of amides is 2. The minimum absolute atomic E-state index is 0.127. The van der Waals surface area contributed by atoms with Crippen LogP contribution in [0.4, 0.5) is 11.4 Å². The smallest absolute Gasteiger partial charge is 0.325 e. The first kappa shape index (κ1) is 18.9. The molecule has 0 aliphatic carbocycles. The van der Waals surface area contributed by atoms with Crippen molar-refractivity contribution < 1.29 is 9.59 Å². The van der Waals surface area contributed by atoms with Gasteiger partial charge >= 0.3 is 5.69 Å². The predicted octanol–water partition coefficient (Wildman–Crippen LogP) is 3.18. The topological polar surface area (TPSA) is 85.1 Å². The summed E-state index contributed by atoms with van der Waals surface area (Å²) in [7, 11) is 0. The van der Waals surface area contributed by atoms with Crippen molar-refractivity contribution in [3.8, 4) is 0 Å². The van der Waals surface area contributed by atoms with Crippen LogP contribution in [0.25, 0.3) is 11.0 Å². The average molecular weight is 431 g/mol. The zero-order valence-corrected chi connectivity index (χ0v) is 16.5. The summed E-state index contributed by atoms with van der Waals surface area (Å²) < 4.78 is 3.83. The summed E-state index contributed by atoms with van der Waals surface area (Å²) in [5, 5.41) is 5.45. The minimum Gasteiger partial charge on any atom is -0.325 e. The van der Waals surface area contributed by atoms with E-state index in [-0.39, 0.29) is 24.0 Å². The van der Waals surface area contributed by atoms with Crippen LogP contribution in [0.2, 0.25) is 0 Å². The maximum atomic E-state index is 12.7. The molecule has 0 saturated heterocycles. The number of nitrogens with zero attached hydrogens (tertiary/aromatic N) is 2. The first-order valence-electron chi connectivity index (χ1n) is 8.45. The van der Waals surface area contributed by atoms with Gasteiger partial charge in [-0.3, -0.25) is 18.7 Å². The van der Waals surface area contributed by atoms with E-state index < -0.39 is 0 Å². The highest BCUT2D eigenvalue weighted by Gasteiger charge is 2.15. The Morgan fingerprint density at radius 2 is 1.67 bits per heavy atom. The Labute approximate surface area is 164 Å². The molecule has 0 aliphatic heterocycles. The van der Waals surface area contributed by atoms with Crippen LogP contribution in [0, 0.1) is 0 Å². The van der Waals surface area contributed by atoms with E-state index in [4.69, 9.17) is 0 Å². The van der Waals surface area contributed by atoms with Crippen LogP contribution in [-0.2, 0) is 22.7 Å². The molecule has 8 heteroatoms. The largest absolute Gasteiger partial charge is 0.329 e. The molecule has 0 radical (unpaired) electrons. The maximum absolute atomic E-state index is 12.7. The first-order chi connectivity index (χ1) is 12.9. The molecule has 0 saturated carbocycles. The van der Waals surface area contributed by atoms with Crippen LogP contribution >= 0.6 is 15.9 Å². The molecule has 27 heavy (non-hydrogen) atoms. The fourth-order valence-electron chi connectivity index (χ4n) is 2.98. The number of nitrogens with one attached hydrogen (secondary N) is 2. The van der Waals surface area contributed by atoms with Crippen molar-refractivity contribution >= 4 is 50.2 Å². The zero-order valence-electron chi connectivity index (χ0n) is 15.0. The van der Waals surface area contributed by atoms with E-state index in [0.29, 0.717) is 23.4 Å². The van der Waals surface area contributed by atoms with Gasteiger partial charge in [-0.15, -0.1) is 0 Å². The van der Waals surface area contributed by atoms with Crippen LogP contribution in [0.3, 0.4) is 0 Å². The van der Waals surface area contributed by atoms with Gasteiger partial charge in [0.05, 0.1) is 22.4 Å². The van der Waals surface area contributed by atoms with Gasteiger partial charge in [-0.25, -0.2) is 4.79 Å². The number of rotatable bonds is 5. The number of carbonyl (C=O) groups is 2. The van der Waals surface area contributed by atoms with Gasteiger partial charge in [-0.1, -0.05) is 28.1 Å². The molecule has 0 unspecified atom stereocenters. The third-order valence-electron chi connectivity index (χ3n) is 4.11. The number of carbonyl (C=O) groups excluding carboxylic acids is 2. The lowest BCUT2D eigenvalue weighted by Gasteiger charge is -2.12. The van der Waals surface area contributed by atoms with Crippen LogP contribution in [0.1, 0.15) is 13.8 Å². The van der Waals surface area contributed by atoms with Crippen molar-refractivity contribution in [2.45, 2.75) is 26.9 Å². The second-order valence-corrected chi connectivity index (χ2v) is 6.94. The molecule has 0 bridgehead atoms. The van der Waals surface area contributed by atoms with Gasteiger partial charge in [0.2, 0.25) is 11.8 Å². The summed E-state index contributed by atoms with van der Waals surface area (Å²) in [4.78, 5) is 36.6. The minimum atomic E-state index is -0.360. The second-order valence-electron chi connectivity index (χ2n) is 6.02. The zero-order chi connectivity index (χ0) is 19.6. The number of hydrogen-bond donors (Lipinski definition) is 2. The van der Waals surface area contributed by atoms with Crippen LogP contribution in [0.5, 0.6) is 0 Å². The molecule has 2 N–H and O–H groups in total. The van der Waals surface area contributed by atoms with Crippen molar-refractivity contribution in [1.82, 2.24) is 9.13 Å². The molecule has 0 aliphatic rings. The van der Waals surface area contributed by atoms with E-state index in [0.717, 1.165) is 9.99 Å². The van der Waals surface area contributed by atoms with Gasteiger partial charge in [-0.05, 0) is 37.3 Å². The van der Waals surface area contributed by atoms with Gasteiger partial charge in [-0.2, -0.15) is 0 Å². The SMILES string of the molecule is CCn1c(=O)n(CC(=O)Nc2cc(Br)ccc2NC(C)=O)c2ccccc21. The van der Waals surface area contributed by atoms with Crippen molar-refractivity contribution in [1.29, 1.82) is 0 Å². The summed E-state index contributed by atoms with van der Waals surface area (Å²) in [6, 6.07) is 12.5. The molecular formula is C19H19BrN4O3. The quantitative estimate of drug-likeness (QED) is 0.651. The fourth-order valence-corrected chi connectivity index (χ4v) is 3.34. The number of benzene rings is 2. The third kappa shape index (κ3) is 3.95. The van der Waals surface area contributed by atoms with Gasteiger partial charge in [0, 0.05) is 17.9 Å². The Bertz CT molecular complexity index is 1080. The highest BCUT2D eigenvalue weighted by Crippen LogP contribution is 2.26. The molecule has 2 amide bonds. The number of anilines is 2. The molecule has 0 atom stereocenters. The van der Waals surface area contributed by atoms with E-state index in [1.807, 2.05) is 31.2 Å². The Morgan fingerprint density at radius 3 is 2.30 bits per heavy atom. The third-order valence-corrected chi connectivity index (χ3v) is 4.60. The Morgan fingerprint density at radius 1 is 1.00 bits per heavy atom. The molecule has 140 valence electrons. The van der Waals surface area contributed by atoms with Crippen molar-refractivity contribution in [2.24, 2.45) is 0 Å². The summed E-state index contributed by atoms with van der Waals surface area (Å²) >= 11 is 3.35. The van der Waals surface area contributed by atoms with Crippen LogP contribution in [0.15, 0.2) is 51.7 Å². The number of halogens is 1. The lowest BCUT2D eigenvalue weighted by molar-refractivity contribution is -0.117. The number of aromatic nitrogens is 2. The van der Waals surface area contributed by atoms with E-state index in [2.05, 4.69) is 26.6 Å². The molecule has 1 heterocycles. The van der Waals surface area contributed by atoms with E-state index in [9.17, 15) is 14.4 Å². The number of aryl methyl sites for hydroxylation is 1. The average Bonchev–Trinajstić information content (AvgIpc) is 2.88. The summed E-state index contributed by atoms with van der Waals surface area (Å²) in [6.07, 6.45) is 0. The molecule has 0 fully saturated rings. The molecule has 3 rings (SSSR count). The van der Waals surface area contributed by atoms with E-state index >= 15 is 0 Å². The van der Waals surface area contributed by atoms with Gasteiger partial charge in [0.25, 0.3) is 0 Å². The first-order valence-corrected chi connectivity index (χ1v) is 9.25. The Kier molecular flexibility index (Phi) is 5.46. The second kappa shape index (κ2) is 7.79. The van der Waals surface area contributed by atoms with Gasteiger partial charge < -0.3 is 10.6 Å². The highest BCUT2D eigenvalue weighted by molar-refractivity contribution is 9.10. The van der Waals surface area contributed by atoms with Crippen LogP contribution in [-0.4, -0.2) is 20.9 Å². The van der Waals surface area contributed by atoms with Crippen molar-refractivity contribution in [3.63, 3.8) is 0 Å². The summed E-state index contributed by atoms with van der Waals surface area (Å²) in [6.45, 7) is 3.68. The lowest BCUT2D eigenvalue weighted by Crippen LogP contribution is -2.29. The standard InChI is InChI=1S/C19H19BrN4O3/c1-3-23-16-6-4-5-7-17(16)24(19(23)27)11-18(26)22-15-10-13(20)8-9-14(15)21-12(2)25/h4-10H,3,11H2,1-2H3,(H,21,25)(H,22,26). The number of para-hydroxylation sites is 2. The normalized spacial score (nSPS) is 10.8. The molecule has 3 aromatic rings. The molecular weight excluding hydrogens is 412 g/mol. The predicted molar refractivity (Wildman–Crippen MR) is 109 cm³/mol. The molecule has 2 aromatic carbocycles. The van der Waals surface area contributed by atoms with Crippen molar-refractivity contribution in [3.05, 3.63) is 57.4 Å². The summed E-state index contributed by atoms with van der Waals surface area (Å²) in [5.74, 6) is -0.601. The molecule has 1 aromatic heterocycles. The lowest BCUT2D eigenvalue weighted by atomic mass is 10.2. The van der Waals surface area contributed by atoms with Crippen molar-refractivity contribution in [2.75, 3.05) is 10.6 Å². The number of fused-ring (bicyclic) bond motifs is 1. The molecule has 7 nitrogen and oxygen atoms in total. The summed E-state index contributed by atoms with van der Waals surface area (Å²) in [5.41, 5.74) is 2.21. The van der Waals surface area contributed by atoms with E-state index in [1.54, 1.807) is 22.8 Å². The van der Waals surface area contributed by atoms with Gasteiger partial charge in [0.1, 0.15) is 6.54 Å². The molecule has 0 spiro atoms. The van der Waals surface area contributed by atoms with Crippen LogP contribution < -0.4 is 16.3 Å². The highest BCUT2D eigenvalue weighted by atomic mass is 79.9. The Balaban J connectivity index is 1.91. The number of hydrogen-bond acceptors (Lipinski definition) is 3. The fraction of sp³-hybridized carbons (Fsp3) is 0.211. The van der Waals surface area contributed by atoms with E-state index in [1.165, 1.54) is 11.5 Å². The maximum Gasteiger partial charge on any atom is 0.329 e. The number of imidazole rings is 1.